The minimum atomic E-state index is -0.985. The first-order valence-electron chi connectivity index (χ1n) is 6.18. The summed E-state index contributed by atoms with van der Waals surface area (Å²) in [5.74, 6) is -2.26. The summed E-state index contributed by atoms with van der Waals surface area (Å²) >= 11 is 3.34. The molecular weight excluding hydrogens is 330 g/mol. The molecule has 104 valence electrons. The number of carbonyl (C=O) groups excluding carboxylic acids is 1. The molecule has 3 nitrogen and oxygen atoms in total. The number of anilines is 1. The van der Waals surface area contributed by atoms with Crippen LogP contribution in [0.4, 0.5) is 14.5 Å². The third-order valence-electron chi connectivity index (χ3n) is 3.17. The maximum absolute atomic E-state index is 13.1. The van der Waals surface area contributed by atoms with Crippen molar-refractivity contribution in [3.05, 3.63) is 52.3 Å². The van der Waals surface area contributed by atoms with E-state index in [0.717, 1.165) is 29.4 Å². The molecule has 1 amide bonds. The van der Waals surface area contributed by atoms with Crippen molar-refractivity contribution in [2.75, 3.05) is 5.32 Å². The maximum atomic E-state index is 13.1. The highest BCUT2D eigenvalue weighted by Crippen LogP contribution is 2.37. The molecule has 1 heterocycles. The summed E-state index contributed by atoms with van der Waals surface area (Å²) < 4.78 is 28.7. The Labute approximate surface area is 122 Å². The third-order valence-corrected chi connectivity index (χ3v) is 3.60. The smallest absolute Gasteiger partial charge is 0.272 e. The zero-order valence-corrected chi connectivity index (χ0v) is 12.0. The van der Waals surface area contributed by atoms with Crippen LogP contribution in [0.15, 0.2) is 34.9 Å². The second-order valence-corrected chi connectivity index (χ2v) is 5.68. The number of aromatic nitrogens is 1. The molecule has 0 unspecified atom stereocenters. The average Bonchev–Trinajstić information content (AvgIpc) is 3.17. The van der Waals surface area contributed by atoms with E-state index in [1.54, 1.807) is 6.07 Å². The van der Waals surface area contributed by atoms with Crippen LogP contribution >= 0.6 is 15.9 Å². The summed E-state index contributed by atoms with van der Waals surface area (Å²) in [5, 5.41) is 2.58. The molecule has 3 rings (SSSR count). The molecule has 1 aromatic heterocycles. The first-order chi connectivity index (χ1) is 9.54. The van der Waals surface area contributed by atoms with Gasteiger partial charge in [0.1, 0.15) is 5.69 Å². The zero-order chi connectivity index (χ0) is 14.3. The zero-order valence-electron chi connectivity index (χ0n) is 10.4. The lowest BCUT2D eigenvalue weighted by molar-refractivity contribution is 0.101. The van der Waals surface area contributed by atoms with Crippen molar-refractivity contribution < 1.29 is 13.6 Å². The van der Waals surface area contributed by atoms with E-state index in [-0.39, 0.29) is 11.6 Å². The standard InChI is InChI=1S/C14H11BrF2N2O/c15-8-5-13(19(7-8)10-2-3-10)14(20)18-9-1-4-11(16)12(17)6-9/h1,4-7,10H,2-3H2,(H,18,20). The van der Waals surface area contributed by atoms with Gasteiger partial charge in [-0.3, -0.25) is 4.79 Å². The van der Waals surface area contributed by atoms with E-state index in [1.807, 2.05) is 10.8 Å². The molecule has 1 saturated carbocycles. The lowest BCUT2D eigenvalue weighted by atomic mass is 10.3. The van der Waals surface area contributed by atoms with E-state index < -0.39 is 11.6 Å². The quantitative estimate of drug-likeness (QED) is 0.896. The number of hydrogen-bond donors (Lipinski definition) is 1. The molecule has 1 aromatic carbocycles. The number of rotatable bonds is 3. The topological polar surface area (TPSA) is 34.0 Å². The van der Waals surface area contributed by atoms with E-state index in [1.165, 1.54) is 6.07 Å². The van der Waals surface area contributed by atoms with Gasteiger partial charge in [-0.1, -0.05) is 0 Å². The van der Waals surface area contributed by atoms with Crippen LogP contribution in [0.3, 0.4) is 0 Å². The van der Waals surface area contributed by atoms with E-state index in [4.69, 9.17) is 0 Å². The van der Waals surface area contributed by atoms with Crippen molar-refractivity contribution >= 4 is 27.5 Å². The van der Waals surface area contributed by atoms with Crippen molar-refractivity contribution in [1.82, 2.24) is 4.57 Å². The SMILES string of the molecule is O=C(Nc1ccc(F)c(F)c1)c1cc(Br)cn1C1CC1. The lowest BCUT2D eigenvalue weighted by Crippen LogP contribution is -2.16. The fourth-order valence-electron chi connectivity index (χ4n) is 2.05. The molecule has 20 heavy (non-hydrogen) atoms. The van der Waals surface area contributed by atoms with Crippen molar-refractivity contribution in [2.24, 2.45) is 0 Å². The minimum Gasteiger partial charge on any atom is -0.339 e. The van der Waals surface area contributed by atoms with Gasteiger partial charge in [0.25, 0.3) is 5.91 Å². The Balaban J connectivity index is 1.84. The molecule has 6 heteroatoms. The van der Waals surface area contributed by atoms with Crippen LogP contribution in [0.25, 0.3) is 0 Å². The molecule has 1 fully saturated rings. The predicted octanol–water partition coefficient (Wildman–Crippen LogP) is 4.12. The normalized spacial score (nSPS) is 14.3. The second-order valence-electron chi connectivity index (χ2n) is 4.77. The molecule has 0 bridgehead atoms. The summed E-state index contributed by atoms with van der Waals surface area (Å²) in [7, 11) is 0. The number of amides is 1. The highest BCUT2D eigenvalue weighted by molar-refractivity contribution is 9.10. The van der Waals surface area contributed by atoms with Gasteiger partial charge in [-0.05, 0) is 47.0 Å². The monoisotopic (exact) mass is 340 g/mol. The van der Waals surface area contributed by atoms with Crippen molar-refractivity contribution in [2.45, 2.75) is 18.9 Å². The fourth-order valence-corrected chi connectivity index (χ4v) is 2.49. The predicted molar refractivity (Wildman–Crippen MR) is 74.7 cm³/mol. The van der Waals surface area contributed by atoms with Crippen LogP contribution in [0.1, 0.15) is 29.4 Å². The third kappa shape index (κ3) is 2.60. The molecule has 0 aliphatic heterocycles. The number of halogens is 3. The number of hydrogen-bond acceptors (Lipinski definition) is 1. The Morgan fingerprint density at radius 2 is 2.00 bits per heavy atom. The van der Waals surface area contributed by atoms with Crippen LogP contribution in [0.5, 0.6) is 0 Å². The van der Waals surface area contributed by atoms with Crippen LogP contribution in [-0.2, 0) is 0 Å². The van der Waals surface area contributed by atoms with E-state index in [9.17, 15) is 13.6 Å². The summed E-state index contributed by atoms with van der Waals surface area (Å²) in [4.78, 5) is 12.2. The molecule has 1 aliphatic rings. The van der Waals surface area contributed by atoms with Gasteiger partial charge in [0.05, 0.1) is 0 Å². The van der Waals surface area contributed by atoms with Gasteiger partial charge in [-0.2, -0.15) is 0 Å². The first kappa shape index (κ1) is 13.3. The Morgan fingerprint density at radius 1 is 1.25 bits per heavy atom. The van der Waals surface area contributed by atoms with Crippen LogP contribution < -0.4 is 5.32 Å². The molecule has 1 N–H and O–H groups in total. The van der Waals surface area contributed by atoms with Crippen LogP contribution in [-0.4, -0.2) is 10.5 Å². The van der Waals surface area contributed by atoms with Crippen LogP contribution in [0, 0.1) is 11.6 Å². The number of nitrogens with zero attached hydrogens (tertiary/aromatic N) is 1. The number of nitrogens with one attached hydrogen (secondary N) is 1. The van der Waals surface area contributed by atoms with Gasteiger partial charge in [0, 0.05) is 28.5 Å². The molecule has 2 aromatic rings. The second kappa shape index (κ2) is 5.01. The Bertz CT molecular complexity index is 680. The van der Waals surface area contributed by atoms with Crippen molar-refractivity contribution in [1.29, 1.82) is 0 Å². The van der Waals surface area contributed by atoms with Crippen molar-refractivity contribution in [3.63, 3.8) is 0 Å². The fraction of sp³-hybridized carbons (Fsp3) is 0.214. The molecular formula is C14H11BrF2N2O. The Kier molecular flexibility index (Phi) is 3.33. The first-order valence-corrected chi connectivity index (χ1v) is 6.97. The van der Waals surface area contributed by atoms with Gasteiger partial charge >= 0.3 is 0 Å². The van der Waals surface area contributed by atoms with E-state index >= 15 is 0 Å². The molecule has 0 radical (unpaired) electrons. The molecule has 0 atom stereocenters. The molecule has 0 saturated heterocycles. The van der Waals surface area contributed by atoms with Crippen LogP contribution in [0.2, 0.25) is 0 Å². The highest BCUT2D eigenvalue weighted by Gasteiger charge is 2.27. The lowest BCUT2D eigenvalue weighted by Gasteiger charge is -2.08. The molecule has 0 spiro atoms. The molecule has 1 aliphatic carbocycles. The Hall–Kier alpha value is -1.69. The summed E-state index contributed by atoms with van der Waals surface area (Å²) in [5.41, 5.74) is 0.734. The largest absolute Gasteiger partial charge is 0.339 e. The van der Waals surface area contributed by atoms with Gasteiger partial charge in [-0.25, -0.2) is 8.78 Å². The maximum Gasteiger partial charge on any atom is 0.272 e. The highest BCUT2D eigenvalue weighted by atomic mass is 79.9. The van der Waals surface area contributed by atoms with Gasteiger partial charge in [0.2, 0.25) is 0 Å². The summed E-state index contributed by atoms with van der Waals surface area (Å²) in [6.45, 7) is 0. The average molecular weight is 341 g/mol. The minimum absolute atomic E-state index is 0.230. The number of benzene rings is 1. The van der Waals surface area contributed by atoms with Gasteiger partial charge in [0.15, 0.2) is 11.6 Å². The van der Waals surface area contributed by atoms with E-state index in [2.05, 4.69) is 21.2 Å². The van der Waals surface area contributed by atoms with Gasteiger partial charge in [-0.15, -0.1) is 0 Å². The summed E-state index contributed by atoms with van der Waals surface area (Å²) in [6.07, 6.45) is 3.96. The Morgan fingerprint density at radius 3 is 2.65 bits per heavy atom. The number of carbonyl (C=O) groups is 1. The van der Waals surface area contributed by atoms with E-state index in [0.29, 0.717) is 11.7 Å². The van der Waals surface area contributed by atoms with Crippen molar-refractivity contribution in [3.8, 4) is 0 Å². The summed E-state index contributed by atoms with van der Waals surface area (Å²) in [6, 6.07) is 5.35. The van der Waals surface area contributed by atoms with Gasteiger partial charge < -0.3 is 9.88 Å².